The van der Waals surface area contributed by atoms with Crippen molar-refractivity contribution in [3.63, 3.8) is 0 Å². The Morgan fingerprint density at radius 2 is 2.29 bits per heavy atom. The van der Waals surface area contributed by atoms with Gasteiger partial charge in [-0.2, -0.15) is 0 Å². The van der Waals surface area contributed by atoms with Gasteiger partial charge in [0.25, 0.3) is 0 Å². The lowest BCUT2D eigenvalue weighted by Gasteiger charge is -2.31. The highest BCUT2D eigenvalue weighted by atomic mass is 19.1. The third-order valence-electron chi connectivity index (χ3n) is 1.09. The van der Waals surface area contributed by atoms with Crippen LogP contribution in [0.3, 0.4) is 0 Å². The molecule has 0 atom stereocenters. The van der Waals surface area contributed by atoms with Gasteiger partial charge in [0.15, 0.2) is 5.67 Å². The predicted molar refractivity (Wildman–Crippen MR) is 23.7 cm³/mol. The van der Waals surface area contributed by atoms with Crippen LogP contribution in [0.4, 0.5) is 4.39 Å². The molecular formula is C4H8FNO. The summed E-state index contributed by atoms with van der Waals surface area (Å²) in [6.45, 7) is 0.458. The quantitative estimate of drug-likeness (QED) is 0.496. The first-order valence-corrected chi connectivity index (χ1v) is 2.24. The number of hydrogen-bond donors (Lipinski definition) is 1. The molecule has 1 rings (SSSR count). The molecule has 1 saturated heterocycles. The van der Waals surface area contributed by atoms with Gasteiger partial charge >= 0.3 is 0 Å². The number of halogens is 1. The van der Waals surface area contributed by atoms with Crippen molar-refractivity contribution in [2.24, 2.45) is 5.73 Å². The SMILES string of the molecule is NCC1(F)COC1. The van der Waals surface area contributed by atoms with Gasteiger partial charge in [-0.25, -0.2) is 4.39 Å². The summed E-state index contributed by atoms with van der Waals surface area (Å²) in [4.78, 5) is 0. The Balaban J connectivity index is 2.29. The molecule has 0 aromatic rings. The zero-order valence-electron chi connectivity index (χ0n) is 3.98. The maximum atomic E-state index is 12.4. The van der Waals surface area contributed by atoms with Crippen molar-refractivity contribution >= 4 is 0 Å². The molecule has 0 radical (unpaired) electrons. The average molecular weight is 105 g/mol. The molecule has 0 bridgehead atoms. The molecule has 1 fully saturated rings. The molecular weight excluding hydrogens is 97.0 g/mol. The minimum Gasteiger partial charge on any atom is -0.375 e. The van der Waals surface area contributed by atoms with E-state index < -0.39 is 5.67 Å². The number of nitrogens with two attached hydrogens (primary N) is 1. The summed E-state index contributed by atoms with van der Waals surface area (Å²) >= 11 is 0. The van der Waals surface area contributed by atoms with Crippen LogP contribution >= 0.6 is 0 Å². The molecule has 0 unspecified atom stereocenters. The van der Waals surface area contributed by atoms with Crippen LogP contribution in [0.5, 0.6) is 0 Å². The number of hydrogen-bond acceptors (Lipinski definition) is 2. The Morgan fingerprint density at radius 3 is 2.29 bits per heavy atom. The minimum absolute atomic E-state index is 0.0903. The molecule has 1 heterocycles. The smallest absolute Gasteiger partial charge is 0.169 e. The normalized spacial score (nSPS) is 26.6. The van der Waals surface area contributed by atoms with Gasteiger partial charge in [-0.15, -0.1) is 0 Å². The van der Waals surface area contributed by atoms with Gasteiger partial charge in [-0.05, 0) is 0 Å². The van der Waals surface area contributed by atoms with Crippen LogP contribution in [-0.4, -0.2) is 25.4 Å². The largest absolute Gasteiger partial charge is 0.375 e. The number of rotatable bonds is 1. The summed E-state index contributed by atoms with van der Waals surface area (Å²) in [5.74, 6) is 0. The zero-order chi connectivity index (χ0) is 5.33. The Kier molecular flexibility index (Phi) is 1.01. The van der Waals surface area contributed by atoms with Crippen LogP contribution < -0.4 is 5.73 Å². The van der Waals surface area contributed by atoms with Gasteiger partial charge in [0.1, 0.15) is 0 Å². The second kappa shape index (κ2) is 1.42. The van der Waals surface area contributed by atoms with Crippen molar-refractivity contribution in [2.75, 3.05) is 19.8 Å². The number of alkyl halides is 1. The van der Waals surface area contributed by atoms with Gasteiger partial charge in [-0.3, -0.25) is 0 Å². The lowest BCUT2D eigenvalue weighted by Crippen LogP contribution is -2.51. The van der Waals surface area contributed by atoms with Crippen molar-refractivity contribution in [3.05, 3.63) is 0 Å². The molecule has 0 aliphatic carbocycles. The average Bonchev–Trinajstić information content (AvgIpc) is 1.61. The Bertz CT molecular complexity index is 66.6. The minimum atomic E-state index is -1.18. The Hall–Kier alpha value is -0.150. The van der Waals surface area contributed by atoms with E-state index in [1.807, 2.05) is 0 Å². The molecule has 0 aromatic carbocycles. The number of ether oxygens (including phenoxy) is 1. The fraction of sp³-hybridized carbons (Fsp3) is 1.00. The molecule has 42 valence electrons. The van der Waals surface area contributed by atoms with Crippen LogP contribution in [-0.2, 0) is 4.74 Å². The predicted octanol–water partition coefficient (Wildman–Crippen LogP) is -0.316. The van der Waals surface area contributed by atoms with Gasteiger partial charge in [-0.1, -0.05) is 0 Å². The molecule has 2 N–H and O–H groups in total. The standard InChI is InChI=1S/C4H8FNO/c5-4(1-6)2-7-3-4/h1-3,6H2. The van der Waals surface area contributed by atoms with E-state index in [1.165, 1.54) is 0 Å². The van der Waals surface area contributed by atoms with Crippen molar-refractivity contribution in [2.45, 2.75) is 5.67 Å². The summed E-state index contributed by atoms with van der Waals surface area (Å²) in [6.07, 6.45) is 0. The fourth-order valence-electron chi connectivity index (χ4n) is 0.441. The molecule has 0 amide bonds. The van der Waals surface area contributed by atoms with Gasteiger partial charge < -0.3 is 10.5 Å². The van der Waals surface area contributed by atoms with Crippen LogP contribution in [0.25, 0.3) is 0 Å². The fourth-order valence-corrected chi connectivity index (χ4v) is 0.441. The first kappa shape index (κ1) is 5.00. The molecule has 1 aliphatic heterocycles. The second-order valence-corrected chi connectivity index (χ2v) is 1.85. The van der Waals surface area contributed by atoms with E-state index in [-0.39, 0.29) is 19.8 Å². The van der Waals surface area contributed by atoms with E-state index in [2.05, 4.69) is 4.74 Å². The third-order valence-corrected chi connectivity index (χ3v) is 1.09. The topological polar surface area (TPSA) is 35.2 Å². The second-order valence-electron chi connectivity index (χ2n) is 1.85. The lowest BCUT2D eigenvalue weighted by molar-refractivity contribution is -0.123. The summed E-state index contributed by atoms with van der Waals surface area (Å²) in [6, 6.07) is 0. The van der Waals surface area contributed by atoms with Gasteiger partial charge in [0, 0.05) is 6.54 Å². The molecule has 0 spiro atoms. The first-order valence-electron chi connectivity index (χ1n) is 2.24. The van der Waals surface area contributed by atoms with Gasteiger partial charge in [0.2, 0.25) is 0 Å². The molecule has 0 aromatic heterocycles. The van der Waals surface area contributed by atoms with Crippen molar-refractivity contribution in [1.82, 2.24) is 0 Å². The van der Waals surface area contributed by atoms with Crippen LogP contribution in [0.2, 0.25) is 0 Å². The maximum Gasteiger partial charge on any atom is 0.169 e. The molecule has 1 aliphatic rings. The highest BCUT2D eigenvalue weighted by Crippen LogP contribution is 2.18. The lowest BCUT2D eigenvalue weighted by atomic mass is 10.1. The maximum absolute atomic E-state index is 12.4. The van der Waals surface area contributed by atoms with Crippen LogP contribution in [0.15, 0.2) is 0 Å². The highest BCUT2D eigenvalue weighted by molar-refractivity contribution is 4.86. The van der Waals surface area contributed by atoms with E-state index in [4.69, 9.17) is 5.73 Å². The Labute approximate surface area is 41.4 Å². The summed E-state index contributed by atoms with van der Waals surface area (Å²) in [5.41, 5.74) is 3.83. The summed E-state index contributed by atoms with van der Waals surface area (Å²) in [5, 5.41) is 0. The molecule has 0 saturated carbocycles. The van der Waals surface area contributed by atoms with E-state index >= 15 is 0 Å². The summed E-state index contributed by atoms with van der Waals surface area (Å²) < 4.78 is 17.0. The molecule has 2 nitrogen and oxygen atoms in total. The monoisotopic (exact) mass is 105 g/mol. The molecule has 3 heteroatoms. The summed E-state index contributed by atoms with van der Waals surface area (Å²) in [7, 11) is 0. The van der Waals surface area contributed by atoms with E-state index in [0.717, 1.165) is 0 Å². The Morgan fingerprint density at radius 1 is 1.71 bits per heavy atom. The highest BCUT2D eigenvalue weighted by Gasteiger charge is 2.36. The van der Waals surface area contributed by atoms with E-state index in [9.17, 15) is 4.39 Å². The van der Waals surface area contributed by atoms with E-state index in [0.29, 0.717) is 0 Å². The molecule has 7 heavy (non-hydrogen) atoms. The zero-order valence-corrected chi connectivity index (χ0v) is 3.98. The van der Waals surface area contributed by atoms with Crippen LogP contribution in [0.1, 0.15) is 0 Å². The van der Waals surface area contributed by atoms with Crippen LogP contribution in [0, 0.1) is 0 Å². The first-order chi connectivity index (χ1) is 3.27. The van der Waals surface area contributed by atoms with Crippen molar-refractivity contribution in [1.29, 1.82) is 0 Å². The third kappa shape index (κ3) is 0.737. The van der Waals surface area contributed by atoms with Crippen molar-refractivity contribution in [3.8, 4) is 0 Å². The van der Waals surface area contributed by atoms with Gasteiger partial charge in [0.05, 0.1) is 13.2 Å². The van der Waals surface area contributed by atoms with E-state index in [1.54, 1.807) is 0 Å². The van der Waals surface area contributed by atoms with Crippen molar-refractivity contribution < 1.29 is 9.13 Å².